The van der Waals surface area contributed by atoms with E-state index in [-0.39, 0.29) is 10.9 Å². The Kier molecular flexibility index (Phi) is 4.48. The summed E-state index contributed by atoms with van der Waals surface area (Å²) in [5, 5.41) is 0.768. The Bertz CT molecular complexity index is 1060. The van der Waals surface area contributed by atoms with Crippen LogP contribution >= 0.6 is 23.4 Å². The Morgan fingerprint density at radius 2 is 1.04 bits per heavy atom. The molecule has 0 aliphatic carbocycles. The van der Waals surface area contributed by atoms with Gasteiger partial charge in [0.1, 0.15) is 10.9 Å². The molecule has 27 heavy (non-hydrogen) atoms. The highest BCUT2D eigenvalue weighted by Crippen LogP contribution is 2.48. The van der Waals surface area contributed by atoms with Crippen LogP contribution in [0.15, 0.2) is 122 Å². The monoisotopic (exact) mass is 403 g/mol. The van der Waals surface area contributed by atoms with Gasteiger partial charge in [0.25, 0.3) is 0 Å². The van der Waals surface area contributed by atoms with Gasteiger partial charge in [-0.1, -0.05) is 59.8 Å². The normalized spacial score (nSPS) is 13.1. The second-order valence-electron chi connectivity index (χ2n) is 6.33. The van der Waals surface area contributed by atoms with Crippen LogP contribution < -0.4 is 0 Å². The molecule has 0 saturated heterocycles. The first-order valence-corrected chi connectivity index (χ1v) is 11.2. The lowest BCUT2D eigenvalue weighted by Crippen LogP contribution is -2.10. The molecular formula is C24H16ClS2+. The zero-order chi connectivity index (χ0) is 18.2. The van der Waals surface area contributed by atoms with Crippen LogP contribution in [0.2, 0.25) is 5.02 Å². The summed E-state index contributed by atoms with van der Waals surface area (Å²) in [5.74, 6) is 0. The van der Waals surface area contributed by atoms with E-state index in [1.807, 2.05) is 23.9 Å². The smallest absolute Gasteiger partial charge is 0.0843 e. The van der Waals surface area contributed by atoms with Crippen LogP contribution in [0.25, 0.3) is 11.1 Å². The van der Waals surface area contributed by atoms with E-state index in [0.717, 1.165) is 5.02 Å². The third kappa shape index (κ3) is 3.19. The second-order valence-corrected chi connectivity index (χ2v) is 9.82. The minimum absolute atomic E-state index is 0.0682. The summed E-state index contributed by atoms with van der Waals surface area (Å²) < 4.78 is 0. The van der Waals surface area contributed by atoms with Crippen LogP contribution in [0.4, 0.5) is 0 Å². The van der Waals surface area contributed by atoms with E-state index in [1.165, 1.54) is 35.6 Å². The van der Waals surface area contributed by atoms with E-state index in [2.05, 4.69) is 84.9 Å². The highest BCUT2D eigenvalue weighted by molar-refractivity contribution is 8.04. The van der Waals surface area contributed by atoms with Crippen molar-refractivity contribution < 1.29 is 0 Å². The van der Waals surface area contributed by atoms with Gasteiger partial charge >= 0.3 is 0 Å². The largest absolute Gasteiger partial charge is 0.180 e. The molecule has 1 heterocycles. The minimum Gasteiger partial charge on any atom is -0.0843 e. The maximum Gasteiger partial charge on any atom is 0.180 e. The topological polar surface area (TPSA) is 0 Å². The lowest BCUT2D eigenvalue weighted by Gasteiger charge is -2.18. The van der Waals surface area contributed by atoms with Crippen LogP contribution in [-0.4, -0.2) is 0 Å². The lowest BCUT2D eigenvalue weighted by atomic mass is 10.1. The van der Waals surface area contributed by atoms with Crippen molar-refractivity contribution in [1.82, 2.24) is 0 Å². The molecule has 5 rings (SSSR count). The molecule has 4 aromatic carbocycles. The van der Waals surface area contributed by atoms with Crippen molar-refractivity contribution in [3.05, 3.63) is 102 Å². The number of halogens is 1. The van der Waals surface area contributed by atoms with Gasteiger partial charge in [-0.05, 0) is 71.8 Å². The lowest BCUT2D eigenvalue weighted by molar-refractivity contribution is 1.12. The first-order valence-electron chi connectivity index (χ1n) is 8.76. The van der Waals surface area contributed by atoms with E-state index in [4.69, 9.17) is 11.6 Å². The standard InChI is InChI=1S/C24H16ClS2/c25-19-13-9-17(10-14-19)18-11-15-20(16-12-18)27-23-7-3-1-5-21(23)26-22-6-2-4-8-24(22)27/h1-16H/q+1. The molecule has 0 radical (unpaired) electrons. The highest BCUT2D eigenvalue weighted by atomic mass is 35.5. The molecular weight excluding hydrogens is 388 g/mol. The molecule has 0 saturated carbocycles. The van der Waals surface area contributed by atoms with Gasteiger partial charge in [0.15, 0.2) is 14.7 Å². The van der Waals surface area contributed by atoms with Gasteiger partial charge in [-0.15, -0.1) is 0 Å². The van der Waals surface area contributed by atoms with Crippen molar-refractivity contribution in [2.75, 3.05) is 0 Å². The summed E-state index contributed by atoms with van der Waals surface area (Å²) in [6.45, 7) is 0. The zero-order valence-electron chi connectivity index (χ0n) is 14.4. The van der Waals surface area contributed by atoms with Crippen molar-refractivity contribution in [2.24, 2.45) is 0 Å². The quantitative estimate of drug-likeness (QED) is 0.274. The molecule has 0 unspecified atom stereocenters. The molecule has 0 fully saturated rings. The molecule has 1 aliphatic rings. The van der Waals surface area contributed by atoms with Crippen molar-refractivity contribution in [2.45, 2.75) is 24.5 Å². The number of fused-ring (bicyclic) bond motifs is 2. The van der Waals surface area contributed by atoms with Gasteiger partial charge in [-0.3, -0.25) is 0 Å². The number of rotatable bonds is 2. The molecule has 0 spiro atoms. The summed E-state index contributed by atoms with van der Waals surface area (Å²) >= 11 is 7.90. The highest BCUT2D eigenvalue weighted by Gasteiger charge is 2.37. The molecule has 130 valence electrons. The average molecular weight is 404 g/mol. The Hall–Kier alpha value is -2.13. The molecule has 0 bridgehead atoms. The maximum absolute atomic E-state index is 6.02. The van der Waals surface area contributed by atoms with Crippen molar-refractivity contribution in [3.63, 3.8) is 0 Å². The van der Waals surface area contributed by atoms with E-state index in [9.17, 15) is 0 Å². The summed E-state index contributed by atoms with van der Waals surface area (Å²) in [7, 11) is -0.0682. The summed E-state index contributed by atoms with van der Waals surface area (Å²) in [6, 6.07) is 34.6. The van der Waals surface area contributed by atoms with Crippen LogP contribution in [0, 0.1) is 0 Å². The fourth-order valence-corrected chi connectivity index (χ4v) is 7.19. The van der Waals surface area contributed by atoms with Crippen LogP contribution in [0.5, 0.6) is 0 Å². The summed E-state index contributed by atoms with van der Waals surface area (Å²) in [5.41, 5.74) is 2.40. The van der Waals surface area contributed by atoms with Gasteiger partial charge in [0, 0.05) is 5.02 Å². The first-order chi connectivity index (χ1) is 13.3. The number of benzene rings is 4. The van der Waals surface area contributed by atoms with Gasteiger partial charge in [0.05, 0.1) is 9.79 Å². The average Bonchev–Trinajstić information content (AvgIpc) is 2.73. The van der Waals surface area contributed by atoms with Gasteiger partial charge < -0.3 is 0 Å². The molecule has 0 aromatic heterocycles. The van der Waals surface area contributed by atoms with E-state index < -0.39 is 0 Å². The first kappa shape index (κ1) is 17.0. The Morgan fingerprint density at radius 1 is 0.556 bits per heavy atom. The number of hydrogen-bond acceptors (Lipinski definition) is 1. The van der Waals surface area contributed by atoms with E-state index in [1.54, 1.807) is 0 Å². The molecule has 0 atom stereocenters. The molecule has 3 heteroatoms. The Balaban J connectivity index is 1.59. The molecule has 0 N–H and O–H groups in total. The Morgan fingerprint density at radius 3 is 1.59 bits per heavy atom. The van der Waals surface area contributed by atoms with Crippen LogP contribution in [0.3, 0.4) is 0 Å². The van der Waals surface area contributed by atoms with Crippen LogP contribution in [-0.2, 0) is 10.9 Å². The fraction of sp³-hybridized carbons (Fsp3) is 0. The third-order valence-corrected chi connectivity index (χ3v) is 8.62. The van der Waals surface area contributed by atoms with Crippen molar-refractivity contribution in [3.8, 4) is 11.1 Å². The van der Waals surface area contributed by atoms with Crippen molar-refractivity contribution in [1.29, 1.82) is 0 Å². The van der Waals surface area contributed by atoms with Gasteiger partial charge in [0.2, 0.25) is 0 Å². The van der Waals surface area contributed by atoms with E-state index in [0.29, 0.717) is 0 Å². The van der Waals surface area contributed by atoms with E-state index >= 15 is 0 Å². The minimum atomic E-state index is -0.0682. The Labute approximate surface area is 171 Å². The summed E-state index contributed by atoms with van der Waals surface area (Å²) in [4.78, 5) is 6.91. The predicted molar refractivity (Wildman–Crippen MR) is 116 cm³/mol. The second kappa shape index (κ2) is 7.12. The fourth-order valence-electron chi connectivity index (χ4n) is 3.32. The van der Waals surface area contributed by atoms with Crippen molar-refractivity contribution >= 4 is 34.3 Å². The van der Waals surface area contributed by atoms with Gasteiger partial charge in [-0.2, -0.15) is 0 Å². The molecule has 4 aromatic rings. The SMILES string of the molecule is Clc1ccc(-c2ccc([S+]3c4ccccc4Sc4ccccc43)cc2)cc1. The van der Waals surface area contributed by atoms with Crippen LogP contribution in [0.1, 0.15) is 0 Å². The molecule has 0 amide bonds. The molecule has 1 aliphatic heterocycles. The summed E-state index contributed by atoms with van der Waals surface area (Å²) in [6.07, 6.45) is 0. The third-order valence-electron chi connectivity index (χ3n) is 4.63. The molecule has 0 nitrogen and oxygen atoms in total. The number of hydrogen-bond donors (Lipinski definition) is 0. The zero-order valence-corrected chi connectivity index (χ0v) is 16.8. The maximum atomic E-state index is 6.02. The van der Waals surface area contributed by atoms with Gasteiger partial charge in [-0.25, -0.2) is 0 Å². The predicted octanol–water partition coefficient (Wildman–Crippen LogP) is 7.57.